The van der Waals surface area contributed by atoms with Gasteiger partial charge in [-0.15, -0.1) is 0 Å². The molecule has 1 fully saturated rings. The predicted molar refractivity (Wildman–Crippen MR) is 74.2 cm³/mol. The minimum atomic E-state index is -0.0489. The van der Waals surface area contributed by atoms with Crippen molar-refractivity contribution in [3.05, 3.63) is 29.8 Å². The molecule has 1 aliphatic carbocycles. The monoisotopic (exact) mass is 262 g/mol. The second-order valence-corrected chi connectivity index (χ2v) is 5.16. The molecule has 0 N–H and O–H groups in total. The Morgan fingerprint density at radius 1 is 1.11 bits per heavy atom. The van der Waals surface area contributed by atoms with Gasteiger partial charge in [0.25, 0.3) is 0 Å². The summed E-state index contributed by atoms with van der Waals surface area (Å²) in [6.07, 6.45) is 5.52. The third kappa shape index (κ3) is 4.58. The van der Waals surface area contributed by atoms with Crippen LogP contribution in [0.3, 0.4) is 0 Å². The molecule has 0 amide bonds. The van der Waals surface area contributed by atoms with Crippen molar-refractivity contribution in [1.82, 2.24) is 0 Å². The Kier molecular flexibility index (Phi) is 5.25. The lowest BCUT2D eigenvalue weighted by molar-refractivity contribution is -0.150. The van der Waals surface area contributed by atoms with E-state index in [1.165, 1.54) is 12.0 Å². The molecule has 2 rings (SSSR count). The minimum Gasteiger partial charge on any atom is -0.490 e. The quantitative estimate of drug-likeness (QED) is 0.602. The maximum Gasteiger partial charge on any atom is 0.309 e. The van der Waals surface area contributed by atoms with Gasteiger partial charge in [-0.05, 0) is 31.9 Å². The van der Waals surface area contributed by atoms with Crippen molar-refractivity contribution < 1.29 is 14.3 Å². The molecular weight excluding hydrogens is 240 g/mol. The topological polar surface area (TPSA) is 35.5 Å². The molecule has 0 saturated heterocycles. The van der Waals surface area contributed by atoms with Gasteiger partial charge in [-0.3, -0.25) is 4.79 Å². The first-order valence-electron chi connectivity index (χ1n) is 7.12. The molecule has 3 nitrogen and oxygen atoms in total. The molecule has 0 unspecified atom stereocenters. The maximum absolute atomic E-state index is 11.8. The fraction of sp³-hybridized carbons (Fsp3) is 0.562. The van der Waals surface area contributed by atoms with Crippen LogP contribution in [0.5, 0.6) is 5.75 Å². The first-order valence-corrected chi connectivity index (χ1v) is 7.12. The summed E-state index contributed by atoms with van der Waals surface area (Å²) >= 11 is 0. The molecule has 1 saturated carbocycles. The number of hydrogen-bond acceptors (Lipinski definition) is 3. The van der Waals surface area contributed by atoms with Crippen molar-refractivity contribution in [3.8, 4) is 5.75 Å². The fourth-order valence-electron chi connectivity index (χ4n) is 2.39. The van der Waals surface area contributed by atoms with Crippen molar-refractivity contribution in [2.24, 2.45) is 5.92 Å². The molecule has 0 aliphatic heterocycles. The Balaban J connectivity index is 1.63. The van der Waals surface area contributed by atoms with Crippen LogP contribution in [0.1, 0.15) is 37.7 Å². The zero-order valence-electron chi connectivity index (χ0n) is 11.6. The molecule has 104 valence electrons. The Morgan fingerprint density at radius 3 is 2.47 bits per heavy atom. The molecule has 0 bridgehead atoms. The largest absolute Gasteiger partial charge is 0.490 e. The molecular formula is C16H22O3. The van der Waals surface area contributed by atoms with E-state index in [1.807, 2.05) is 31.2 Å². The minimum absolute atomic E-state index is 0.0489. The van der Waals surface area contributed by atoms with Crippen LogP contribution in [0.2, 0.25) is 0 Å². The SMILES string of the molecule is Cc1ccc(OCCOC(=O)C2CCCCC2)cc1. The Morgan fingerprint density at radius 2 is 1.79 bits per heavy atom. The number of carbonyl (C=O) groups is 1. The normalized spacial score (nSPS) is 16.1. The highest BCUT2D eigenvalue weighted by Gasteiger charge is 2.22. The fourth-order valence-corrected chi connectivity index (χ4v) is 2.39. The summed E-state index contributed by atoms with van der Waals surface area (Å²) in [5, 5.41) is 0. The van der Waals surface area contributed by atoms with Crippen molar-refractivity contribution in [1.29, 1.82) is 0 Å². The van der Waals surface area contributed by atoms with Crippen LogP contribution in [0.25, 0.3) is 0 Å². The van der Waals surface area contributed by atoms with Gasteiger partial charge in [0.2, 0.25) is 0 Å². The maximum atomic E-state index is 11.8. The van der Waals surface area contributed by atoms with Crippen molar-refractivity contribution in [3.63, 3.8) is 0 Å². The number of aryl methyl sites for hydroxylation is 1. The van der Waals surface area contributed by atoms with Gasteiger partial charge in [0.05, 0.1) is 5.92 Å². The van der Waals surface area contributed by atoms with Gasteiger partial charge in [0.1, 0.15) is 19.0 Å². The number of ether oxygens (including phenoxy) is 2. The summed E-state index contributed by atoms with van der Waals surface area (Å²) in [4.78, 5) is 11.8. The summed E-state index contributed by atoms with van der Waals surface area (Å²) in [6, 6.07) is 7.86. The van der Waals surface area contributed by atoms with Crippen LogP contribution in [-0.2, 0) is 9.53 Å². The van der Waals surface area contributed by atoms with Gasteiger partial charge in [0.15, 0.2) is 0 Å². The average Bonchev–Trinajstić information content (AvgIpc) is 2.46. The van der Waals surface area contributed by atoms with Gasteiger partial charge >= 0.3 is 5.97 Å². The van der Waals surface area contributed by atoms with Gasteiger partial charge in [0, 0.05) is 0 Å². The lowest BCUT2D eigenvalue weighted by Gasteiger charge is -2.19. The highest BCUT2D eigenvalue weighted by atomic mass is 16.6. The van der Waals surface area contributed by atoms with E-state index in [0.717, 1.165) is 31.4 Å². The molecule has 0 atom stereocenters. The molecule has 0 radical (unpaired) electrons. The van der Waals surface area contributed by atoms with Crippen LogP contribution in [0, 0.1) is 12.8 Å². The van der Waals surface area contributed by atoms with E-state index in [1.54, 1.807) is 0 Å². The molecule has 1 aromatic rings. The van der Waals surface area contributed by atoms with E-state index in [2.05, 4.69) is 0 Å². The third-order valence-electron chi connectivity index (χ3n) is 3.56. The standard InChI is InChI=1S/C16H22O3/c1-13-7-9-15(10-8-13)18-11-12-19-16(17)14-5-3-2-4-6-14/h7-10,14H,2-6,11-12H2,1H3. The average molecular weight is 262 g/mol. The smallest absolute Gasteiger partial charge is 0.309 e. The predicted octanol–water partition coefficient (Wildman–Crippen LogP) is 3.50. The summed E-state index contributed by atoms with van der Waals surface area (Å²) in [7, 11) is 0. The van der Waals surface area contributed by atoms with Crippen molar-refractivity contribution in [2.45, 2.75) is 39.0 Å². The Labute approximate surface area is 114 Å². The molecule has 0 heterocycles. The number of esters is 1. The van der Waals surface area contributed by atoms with Gasteiger partial charge in [-0.25, -0.2) is 0 Å². The van der Waals surface area contributed by atoms with Gasteiger partial charge < -0.3 is 9.47 Å². The lowest BCUT2D eigenvalue weighted by Crippen LogP contribution is -2.22. The Bertz CT molecular complexity index is 391. The molecule has 1 aliphatic rings. The zero-order chi connectivity index (χ0) is 13.5. The molecule has 1 aromatic carbocycles. The summed E-state index contributed by atoms with van der Waals surface area (Å²) in [5.41, 5.74) is 1.20. The van der Waals surface area contributed by atoms with Gasteiger partial charge in [-0.2, -0.15) is 0 Å². The van der Waals surface area contributed by atoms with Crippen molar-refractivity contribution in [2.75, 3.05) is 13.2 Å². The molecule has 0 spiro atoms. The van der Waals surface area contributed by atoms with Crippen LogP contribution < -0.4 is 4.74 Å². The van der Waals surface area contributed by atoms with E-state index >= 15 is 0 Å². The number of hydrogen-bond donors (Lipinski definition) is 0. The van der Waals surface area contributed by atoms with E-state index in [-0.39, 0.29) is 11.9 Å². The lowest BCUT2D eigenvalue weighted by atomic mass is 9.89. The number of rotatable bonds is 5. The van der Waals surface area contributed by atoms with E-state index < -0.39 is 0 Å². The van der Waals surface area contributed by atoms with Crippen LogP contribution in [0.4, 0.5) is 0 Å². The third-order valence-corrected chi connectivity index (χ3v) is 3.56. The van der Waals surface area contributed by atoms with E-state index in [4.69, 9.17) is 9.47 Å². The van der Waals surface area contributed by atoms with E-state index in [0.29, 0.717) is 13.2 Å². The van der Waals surface area contributed by atoms with Crippen molar-refractivity contribution >= 4 is 5.97 Å². The summed E-state index contributed by atoms with van der Waals surface area (Å²) in [6.45, 7) is 2.79. The number of benzene rings is 1. The highest BCUT2D eigenvalue weighted by Crippen LogP contribution is 2.24. The molecule has 19 heavy (non-hydrogen) atoms. The molecule has 0 aromatic heterocycles. The van der Waals surface area contributed by atoms with Crippen LogP contribution in [0.15, 0.2) is 24.3 Å². The first kappa shape index (κ1) is 13.9. The Hall–Kier alpha value is -1.51. The number of carbonyl (C=O) groups excluding carboxylic acids is 1. The second-order valence-electron chi connectivity index (χ2n) is 5.16. The molecule has 3 heteroatoms. The van der Waals surface area contributed by atoms with Gasteiger partial charge in [-0.1, -0.05) is 37.0 Å². The summed E-state index contributed by atoms with van der Waals surface area (Å²) < 4.78 is 10.8. The zero-order valence-corrected chi connectivity index (χ0v) is 11.6. The van der Waals surface area contributed by atoms with Crippen LogP contribution >= 0.6 is 0 Å². The second kappa shape index (κ2) is 7.17. The highest BCUT2D eigenvalue weighted by molar-refractivity contribution is 5.72. The van der Waals surface area contributed by atoms with Crippen LogP contribution in [-0.4, -0.2) is 19.2 Å². The summed E-state index contributed by atoms with van der Waals surface area (Å²) in [5.74, 6) is 0.889. The van der Waals surface area contributed by atoms with E-state index in [9.17, 15) is 4.79 Å². The first-order chi connectivity index (χ1) is 9.25.